The number of ether oxygens (including phenoxy) is 4. The summed E-state index contributed by atoms with van der Waals surface area (Å²) < 4.78 is 23.6. The van der Waals surface area contributed by atoms with Crippen LogP contribution in [0.3, 0.4) is 0 Å². The zero-order valence-electron chi connectivity index (χ0n) is 28.0. The summed E-state index contributed by atoms with van der Waals surface area (Å²) in [5.74, 6) is -0.178. The average Bonchev–Trinajstić information content (AvgIpc) is 2.89. The molecule has 0 aromatic rings. The lowest BCUT2D eigenvalue weighted by Gasteiger charge is -2.35. The molecule has 1 unspecified atom stereocenters. The quantitative estimate of drug-likeness (QED) is 0.131. The Morgan fingerprint density at radius 1 is 0.714 bits per heavy atom. The van der Waals surface area contributed by atoms with Crippen LogP contribution in [0.2, 0.25) is 0 Å². The molecule has 0 saturated heterocycles. The van der Waals surface area contributed by atoms with Crippen molar-refractivity contribution in [3.05, 3.63) is 0 Å². The molecule has 0 aromatic heterocycles. The van der Waals surface area contributed by atoms with Crippen LogP contribution < -0.4 is 5.32 Å². The van der Waals surface area contributed by atoms with Crippen LogP contribution in [0.15, 0.2) is 0 Å². The molecule has 0 radical (unpaired) electrons. The van der Waals surface area contributed by atoms with E-state index in [1.54, 1.807) is 6.92 Å². The Bertz CT molecular complexity index is 784. The standard InChI is InChI=1S/C32H59NO8S/c1-11-27(34)12-15-38-20-32(21-39-16-13-28(35)23(2)3,22-40-17-14-29(36)24(4)5)33-30(37)18-26(8)41-19-31(9,10)42-25(6)7/h23-26H,11-22H2,1-10H3,(H,33,37). The van der Waals surface area contributed by atoms with Gasteiger partial charge in [-0.1, -0.05) is 48.5 Å². The highest BCUT2D eigenvalue weighted by molar-refractivity contribution is 8.01. The minimum atomic E-state index is -1.08. The Morgan fingerprint density at radius 2 is 1.17 bits per heavy atom. The van der Waals surface area contributed by atoms with E-state index in [0.29, 0.717) is 18.3 Å². The number of ketones is 3. The molecule has 246 valence electrons. The minimum absolute atomic E-state index is 0.0390. The normalized spacial score (nSPS) is 13.2. The van der Waals surface area contributed by atoms with Crippen LogP contribution in [0.25, 0.3) is 0 Å². The molecule has 0 saturated carbocycles. The van der Waals surface area contributed by atoms with Crippen molar-refractivity contribution >= 4 is 35.0 Å². The largest absolute Gasteiger partial charge is 0.378 e. The summed E-state index contributed by atoms with van der Waals surface area (Å²) in [6, 6.07) is 0. The highest BCUT2D eigenvalue weighted by Crippen LogP contribution is 2.29. The highest BCUT2D eigenvalue weighted by Gasteiger charge is 2.34. The van der Waals surface area contributed by atoms with Gasteiger partial charge in [0.25, 0.3) is 0 Å². The molecule has 0 rings (SSSR count). The fourth-order valence-corrected chi connectivity index (χ4v) is 5.42. The zero-order chi connectivity index (χ0) is 32.3. The summed E-state index contributed by atoms with van der Waals surface area (Å²) in [4.78, 5) is 49.3. The van der Waals surface area contributed by atoms with Crippen LogP contribution in [0.5, 0.6) is 0 Å². The highest BCUT2D eigenvalue weighted by atomic mass is 32.2. The number of thioether (sulfide) groups is 1. The molecular weight excluding hydrogens is 558 g/mol. The Labute approximate surface area is 259 Å². The molecule has 0 spiro atoms. The molecule has 10 heteroatoms. The smallest absolute Gasteiger partial charge is 0.223 e. The molecule has 1 N–H and O–H groups in total. The summed E-state index contributed by atoms with van der Waals surface area (Å²) in [7, 11) is 0. The van der Waals surface area contributed by atoms with Gasteiger partial charge in [0, 0.05) is 42.3 Å². The number of hydrogen-bond acceptors (Lipinski definition) is 9. The van der Waals surface area contributed by atoms with Gasteiger partial charge >= 0.3 is 0 Å². The van der Waals surface area contributed by atoms with E-state index in [2.05, 4.69) is 33.0 Å². The molecule has 1 amide bonds. The van der Waals surface area contributed by atoms with E-state index < -0.39 is 5.54 Å². The number of amides is 1. The van der Waals surface area contributed by atoms with Crippen LogP contribution in [0, 0.1) is 11.8 Å². The third kappa shape index (κ3) is 19.8. The number of Topliss-reactive ketones (excluding diaryl/α,β-unsaturated/α-hetero) is 3. The van der Waals surface area contributed by atoms with Crippen molar-refractivity contribution in [2.45, 2.75) is 123 Å². The molecule has 0 aromatic carbocycles. The van der Waals surface area contributed by atoms with Crippen molar-refractivity contribution in [2.24, 2.45) is 11.8 Å². The summed E-state index contributed by atoms with van der Waals surface area (Å²) in [5, 5.41) is 3.52. The second-order valence-corrected chi connectivity index (χ2v) is 14.9. The van der Waals surface area contributed by atoms with Gasteiger partial charge in [0.2, 0.25) is 5.91 Å². The van der Waals surface area contributed by atoms with Crippen molar-refractivity contribution < 1.29 is 38.1 Å². The fraction of sp³-hybridized carbons (Fsp3) is 0.875. The Balaban J connectivity index is 5.59. The van der Waals surface area contributed by atoms with Crippen molar-refractivity contribution in [1.82, 2.24) is 5.32 Å². The first-order valence-electron chi connectivity index (χ1n) is 15.4. The van der Waals surface area contributed by atoms with E-state index >= 15 is 0 Å². The van der Waals surface area contributed by atoms with E-state index in [1.165, 1.54) is 0 Å². The van der Waals surface area contributed by atoms with Gasteiger partial charge in [-0.15, -0.1) is 0 Å². The van der Waals surface area contributed by atoms with Crippen molar-refractivity contribution in [3.63, 3.8) is 0 Å². The van der Waals surface area contributed by atoms with Crippen LogP contribution in [0.4, 0.5) is 0 Å². The zero-order valence-corrected chi connectivity index (χ0v) is 28.8. The van der Waals surface area contributed by atoms with Gasteiger partial charge in [0.15, 0.2) is 0 Å². The lowest BCUT2D eigenvalue weighted by molar-refractivity contribution is -0.132. The van der Waals surface area contributed by atoms with Crippen molar-refractivity contribution in [3.8, 4) is 0 Å². The number of rotatable bonds is 26. The van der Waals surface area contributed by atoms with E-state index in [9.17, 15) is 19.2 Å². The first-order chi connectivity index (χ1) is 19.5. The van der Waals surface area contributed by atoms with E-state index in [4.69, 9.17) is 18.9 Å². The van der Waals surface area contributed by atoms with Crippen LogP contribution in [0.1, 0.15) is 101 Å². The van der Waals surface area contributed by atoms with Gasteiger partial charge in [-0.25, -0.2) is 0 Å². The molecule has 1 atom stereocenters. The Hall–Kier alpha value is -1.33. The third-order valence-electron chi connectivity index (χ3n) is 6.48. The monoisotopic (exact) mass is 617 g/mol. The fourth-order valence-electron chi connectivity index (χ4n) is 4.00. The topological polar surface area (TPSA) is 117 Å². The second-order valence-electron chi connectivity index (χ2n) is 12.6. The molecule has 0 fully saturated rings. The average molecular weight is 618 g/mol. The number of nitrogens with one attached hydrogen (secondary N) is 1. The number of hydrogen-bond donors (Lipinski definition) is 1. The molecule has 0 bridgehead atoms. The summed E-state index contributed by atoms with van der Waals surface area (Å²) >= 11 is 1.82. The van der Waals surface area contributed by atoms with Crippen molar-refractivity contribution in [1.29, 1.82) is 0 Å². The molecular formula is C32H59NO8S. The second kappa shape index (κ2) is 21.4. The maximum Gasteiger partial charge on any atom is 0.223 e. The number of carbonyl (C=O) groups excluding carboxylic acids is 4. The van der Waals surface area contributed by atoms with E-state index in [1.807, 2.05) is 46.4 Å². The van der Waals surface area contributed by atoms with Crippen LogP contribution in [-0.2, 0) is 38.1 Å². The first-order valence-corrected chi connectivity index (χ1v) is 16.3. The maximum atomic E-state index is 13.3. The van der Waals surface area contributed by atoms with Crippen LogP contribution in [-0.4, -0.2) is 91.1 Å². The molecule has 0 aliphatic heterocycles. The molecule has 0 heterocycles. The summed E-state index contributed by atoms with van der Waals surface area (Å²) in [6.45, 7) is 20.8. The first kappa shape index (κ1) is 40.7. The van der Waals surface area contributed by atoms with Gasteiger partial charge in [-0.05, 0) is 26.0 Å². The lowest BCUT2D eigenvalue weighted by atomic mass is 10.0. The predicted molar refractivity (Wildman–Crippen MR) is 169 cm³/mol. The molecule has 0 aliphatic carbocycles. The molecule has 9 nitrogen and oxygen atoms in total. The third-order valence-corrected chi connectivity index (χ3v) is 7.70. The predicted octanol–water partition coefficient (Wildman–Crippen LogP) is 5.21. The van der Waals surface area contributed by atoms with Crippen LogP contribution >= 0.6 is 11.8 Å². The SMILES string of the molecule is CCC(=O)CCOCC(COCCC(=O)C(C)C)(COCCC(=O)C(C)C)NC(=O)CC(C)OCC(C)(C)SC(C)C. The van der Waals surface area contributed by atoms with E-state index in [-0.39, 0.29) is 111 Å². The summed E-state index contributed by atoms with van der Waals surface area (Å²) in [5.41, 5.74) is -1.08. The Kier molecular flexibility index (Phi) is 20.7. The number of carbonyl (C=O) groups is 4. The van der Waals surface area contributed by atoms with Gasteiger partial charge < -0.3 is 24.3 Å². The summed E-state index contributed by atoms with van der Waals surface area (Å²) in [6.07, 6.45) is 1.00. The van der Waals surface area contributed by atoms with Gasteiger partial charge in [0.05, 0.1) is 58.8 Å². The van der Waals surface area contributed by atoms with Gasteiger partial charge in [0.1, 0.15) is 22.9 Å². The van der Waals surface area contributed by atoms with E-state index in [0.717, 1.165) is 0 Å². The lowest BCUT2D eigenvalue weighted by Crippen LogP contribution is -2.59. The Morgan fingerprint density at radius 3 is 1.57 bits per heavy atom. The van der Waals surface area contributed by atoms with Crippen molar-refractivity contribution in [2.75, 3.05) is 46.2 Å². The molecule has 0 aliphatic rings. The molecule has 42 heavy (non-hydrogen) atoms. The maximum absolute atomic E-state index is 13.3. The minimum Gasteiger partial charge on any atom is -0.378 e. The van der Waals surface area contributed by atoms with Gasteiger partial charge in [-0.3, -0.25) is 19.2 Å². The van der Waals surface area contributed by atoms with Gasteiger partial charge in [-0.2, -0.15) is 11.8 Å².